The molecule has 0 spiro atoms. The summed E-state index contributed by atoms with van der Waals surface area (Å²) in [4.78, 5) is 5.33. The molecule has 0 aliphatic rings. The number of rotatable bonds is 5. The molecule has 4 nitrogen and oxygen atoms in total. The summed E-state index contributed by atoms with van der Waals surface area (Å²) < 4.78 is 6.19. The van der Waals surface area contributed by atoms with Gasteiger partial charge in [-0.2, -0.15) is 4.98 Å². The van der Waals surface area contributed by atoms with Crippen molar-refractivity contribution in [2.24, 2.45) is 0 Å². The van der Waals surface area contributed by atoms with Gasteiger partial charge in [-0.15, -0.1) is 11.3 Å². The third-order valence-electron chi connectivity index (χ3n) is 1.96. The van der Waals surface area contributed by atoms with Crippen molar-refractivity contribution in [1.29, 1.82) is 0 Å². The van der Waals surface area contributed by atoms with Gasteiger partial charge in [-0.3, -0.25) is 0 Å². The standard InChI is InChI=1S/C10H12BrN3OS/c1-2-3-12-5-9-13-10(14-15-9)8-4-7(11)6-16-8/h4,6,12H,2-3,5H2,1H3. The van der Waals surface area contributed by atoms with E-state index < -0.39 is 0 Å². The number of nitrogens with one attached hydrogen (secondary N) is 1. The summed E-state index contributed by atoms with van der Waals surface area (Å²) in [5.41, 5.74) is 0. The summed E-state index contributed by atoms with van der Waals surface area (Å²) in [6.07, 6.45) is 1.10. The quantitative estimate of drug-likeness (QED) is 0.862. The molecule has 0 saturated heterocycles. The third-order valence-corrected chi connectivity index (χ3v) is 3.65. The lowest BCUT2D eigenvalue weighted by Crippen LogP contribution is -2.13. The fourth-order valence-corrected chi connectivity index (χ4v) is 2.58. The van der Waals surface area contributed by atoms with Crippen LogP contribution in [0.1, 0.15) is 19.2 Å². The van der Waals surface area contributed by atoms with E-state index in [1.807, 2.05) is 11.4 Å². The molecule has 1 N–H and O–H groups in total. The second-order valence-corrected chi connectivity index (χ2v) is 5.14. The van der Waals surface area contributed by atoms with Crippen LogP contribution in [0.5, 0.6) is 0 Å². The fraction of sp³-hybridized carbons (Fsp3) is 0.400. The Kier molecular flexibility index (Phi) is 4.09. The average molecular weight is 302 g/mol. The van der Waals surface area contributed by atoms with Gasteiger partial charge in [-0.25, -0.2) is 0 Å². The van der Waals surface area contributed by atoms with Crippen LogP contribution < -0.4 is 5.32 Å². The van der Waals surface area contributed by atoms with Gasteiger partial charge in [0.25, 0.3) is 0 Å². The average Bonchev–Trinajstić information content (AvgIpc) is 2.87. The van der Waals surface area contributed by atoms with Crippen molar-refractivity contribution in [2.45, 2.75) is 19.9 Å². The molecule has 0 bridgehead atoms. The van der Waals surface area contributed by atoms with Crippen LogP contribution in [0.15, 0.2) is 20.4 Å². The Bertz CT molecular complexity index is 454. The number of aromatic nitrogens is 2. The van der Waals surface area contributed by atoms with E-state index in [1.165, 1.54) is 0 Å². The van der Waals surface area contributed by atoms with Crippen LogP contribution in [0.3, 0.4) is 0 Å². The van der Waals surface area contributed by atoms with E-state index in [2.05, 4.69) is 38.3 Å². The van der Waals surface area contributed by atoms with E-state index in [-0.39, 0.29) is 0 Å². The van der Waals surface area contributed by atoms with Crippen molar-refractivity contribution in [3.8, 4) is 10.7 Å². The summed E-state index contributed by atoms with van der Waals surface area (Å²) >= 11 is 4.99. The van der Waals surface area contributed by atoms with Crippen molar-refractivity contribution in [2.75, 3.05) is 6.54 Å². The van der Waals surface area contributed by atoms with E-state index in [4.69, 9.17) is 4.52 Å². The highest BCUT2D eigenvalue weighted by Crippen LogP contribution is 2.27. The molecular weight excluding hydrogens is 290 g/mol. The van der Waals surface area contributed by atoms with Crippen molar-refractivity contribution in [3.63, 3.8) is 0 Å². The van der Waals surface area contributed by atoms with Gasteiger partial charge in [0.1, 0.15) is 0 Å². The summed E-state index contributed by atoms with van der Waals surface area (Å²) in [6, 6.07) is 1.98. The maximum absolute atomic E-state index is 5.14. The van der Waals surface area contributed by atoms with E-state index in [9.17, 15) is 0 Å². The summed E-state index contributed by atoms with van der Waals surface area (Å²) in [5.74, 6) is 1.29. The molecule has 0 amide bonds. The van der Waals surface area contributed by atoms with Crippen molar-refractivity contribution >= 4 is 27.3 Å². The van der Waals surface area contributed by atoms with Crippen molar-refractivity contribution in [3.05, 3.63) is 21.8 Å². The van der Waals surface area contributed by atoms with Gasteiger partial charge in [0.2, 0.25) is 11.7 Å². The minimum Gasteiger partial charge on any atom is -0.338 e. The number of thiophene rings is 1. The van der Waals surface area contributed by atoms with Crippen LogP contribution in [0.25, 0.3) is 10.7 Å². The molecule has 0 aliphatic heterocycles. The Balaban J connectivity index is 2.02. The highest BCUT2D eigenvalue weighted by atomic mass is 79.9. The summed E-state index contributed by atoms with van der Waals surface area (Å²) in [7, 11) is 0. The normalized spacial score (nSPS) is 10.9. The molecule has 2 aromatic rings. The molecule has 0 unspecified atom stereocenters. The Labute approximate surface area is 106 Å². The van der Waals surface area contributed by atoms with Gasteiger partial charge in [0, 0.05) is 9.85 Å². The number of hydrogen-bond donors (Lipinski definition) is 1. The van der Waals surface area contributed by atoms with Crippen LogP contribution in [-0.4, -0.2) is 16.7 Å². The van der Waals surface area contributed by atoms with E-state index in [0.29, 0.717) is 18.3 Å². The zero-order valence-corrected chi connectivity index (χ0v) is 11.3. The van der Waals surface area contributed by atoms with Gasteiger partial charge >= 0.3 is 0 Å². The van der Waals surface area contributed by atoms with Crippen LogP contribution >= 0.6 is 27.3 Å². The fourth-order valence-electron chi connectivity index (χ4n) is 1.23. The molecular formula is C10H12BrN3OS. The lowest BCUT2D eigenvalue weighted by Gasteiger charge is -1.95. The Hall–Kier alpha value is -0.720. The Morgan fingerprint density at radius 1 is 1.56 bits per heavy atom. The lowest BCUT2D eigenvalue weighted by molar-refractivity contribution is 0.368. The van der Waals surface area contributed by atoms with E-state index >= 15 is 0 Å². The van der Waals surface area contributed by atoms with Crippen LogP contribution in [-0.2, 0) is 6.54 Å². The van der Waals surface area contributed by atoms with Crippen LogP contribution in [0.2, 0.25) is 0 Å². The second kappa shape index (κ2) is 5.56. The van der Waals surface area contributed by atoms with Gasteiger partial charge < -0.3 is 9.84 Å². The van der Waals surface area contributed by atoms with Gasteiger partial charge in [-0.05, 0) is 35.0 Å². The minimum absolute atomic E-state index is 0.632. The number of halogens is 1. The largest absolute Gasteiger partial charge is 0.338 e. The number of nitrogens with zero attached hydrogens (tertiary/aromatic N) is 2. The first kappa shape index (κ1) is 11.8. The topological polar surface area (TPSA) is 51.0 Å². The first-order chi connectivity index (χ1) is 7.79. The smallest absolute Gasteiger partial charge is 0.240 e. The molecule has 0 aromatic carbocycles. The zero-order chi connectivity index (χ0) is 11.4. The molecule has 0 atom stereocenters. The first-order valence-electron chi connectivity index (χ1n) is 5.07. The molecule has 2 aromatic heterocycles. The third kappa shape index (κ3) is 2.90. The molecule has 2 rings (SSSR count). The molecule has 0 aliphatic carbocycles. The molecule has 0 radical (unpaired) electrons. The highest BCUT2D eigenvalue weighted by molar-refractivity contribution is 9.10. The van der Waals surface area contributed by atoms with E-state index in [1.54, 1.807) is 11.3 Å². The SMILES string of the molecule is CCCNCc1nc(-c2cc(Br)cs2)no1. The first-order valence-corrected chi connectivity index (χ1v) is 6.74. The van der Waals surface area contributed by atoms with Gasteiger partial charge in [-0.1, -0.05) is 12.1 Å². The Morgan fingerprint density at radius 3 is 3.12 bits per heavy atom. The highest BCUT2D eigenvalue weighted by Gasteiger charge is 2.09. The maximum Gasteiger partial charge on any atom is 0.240 e. The van der Waals surface area contributed by atoms with Gasteiger partial charge in [0.15, 0.2) is 0 Å². The monoisotopic (exact) mass is 301 g/mol. The molecule has 6 heteroatoms. The van der Waals surface area contributed by atoms with E-state index in [0.717, 1.165) is 22.3 Å². The maximum atomic E-state index is 5.14. The van der Waals surface area contributed by atoms with Crippen LogP contribution in [0, 0.1) is 0 Å². The molecule has 16 heavy (non-hydrogen) atoms. The minimum atomic E-state index is 0.632. The Morgan fingerprint density at radius 2 is 2.44 bits per heavy atom. The van der Waals surface area contributed by atoms with Crippen LogP contribution in [0.4, 0.5) is 0 Å². The van der Waals surface area contributed by atoms with Crippen molar-refractivity contribution < 1.29 is 4.52 Å². The summed E-state index contributed by atoms with van der Waals surface area (Å²) in [5, 5.41) is 9.16. The molecule has 0 saturated carbocycles. The van der Waals surface area contributed by atoms with Gasteiger partial charge in [0.05, 0.1) is 11.4 Å². The lowest BCUT2D eigenvalue weighted by atomic mass is 10.4. The van der Waals surface area contributed by atoms with Crippen molar-refractivity contribution in [1.82, 2.24) is 15.5 Å². The zero-order valence-electron chi connectivity index (χ0n) is 8.86. The molecule has 0 fully saturated rings. The number of hydrogen-bond acceptors (Lipinski definition) is 5. The predicted octanol–water partition coefficient (Wildman–Crippen LogP) is 3.06. The molecule has 86 valence electrons. The molecule has 2 heterocycles. The summed E-state index contributed by atoms with van der Waals surface area (Å²) in [6.45, 7) is 3.71. The predicted molar refractivity (Wildman–Crippen MR) is 67.3 cm³/mol. The second-order valence-electron chi connectivity index (χ2n) is 3.32.